The van der Waals surface area contributed by atoms with E-state index in [1.807, 2.05) is 35.2 Å². The van der Waals surface area contributed by atoms with Gasteiger partial charge in [-0.05, 0) is 63.8 Å². The molecule has 0 atom stereocenters. The van der Waals surface area contributed by atoms with Crippen LogP contribution in [0.1, 0.15) is 30.1 Å². The van der Waals surface area contributed by atoms with E-state index >= 15 is 0 Å². The van der Waals surface area contributed by atoms with Crippen molar-refractivity contribution in [1.82, 2.24) is 19.7 Å². The third-order valence-electron chi connectivity index (χ3n) is 5.99. The van der Waals surface area contributed by atoms with Crippen LogP contribution >= 0.6 is 0 Å². The van der Waals surface area contributed by atoms with E-state index in [9.17, 15) is 4.79 Å². The fourth-order valence-corrected chi connectivity index (χ4v) is 4.36. The van der Waals surface area contributed by atoms with Gasteiger partial charge >= 0.3 is 0 Å². The minimum absolute atomic E-state index is 0.145. The Morgan fingerprint density at radius 2 is 1.96 bits per heavy atom. The number of aromatic nitrogens is 1. The SMILES string of the molecule is CCN(C1CCN(C)CC1)C1CN(C(=O)c2ccc3ncccc3c2)C1. The first-order valence-electron chi connectivity index (χ1n) is 9.74. The van der Waals surface area contributed by atoms with Gasteiger partial charge in [0.2, 0.25) is 0 Å². The van der Waals surface area contributed by atoms with Crippen molar-refractivity contribution < 1.29 is 4.79 Å². The molecule has 138 valence electrons. The minimum Gasteiger partial charge on any atom is -0.335 e. The molecule has 5 heteroatoms. The van der Waals surface area contributed by atoms with Gasteiger partial charge in [-0.2, -0.15) is 0 Å². The molecule has 0 bridgehead atoms. The van der Waals surface area contributed by atoms with Gasteiger partial charge in [-0.1, -0.05) is 13.0 Å². The van der Waals surface area contributed by atoms with Crippen LogP contribution in [0.3, 0.4) is 0 Å². The molecule has 0 radical (unpaired) electrons. The lowest BCUT2D eigenvalue weighted by atomic mass is 9.97. The second-order valence-corrected chi connectivity index (χ2v) is 7.64. The van der Waals surface area contributed by atoms with Crippen molar-refractivity contribution in [3.05, 3.63) is 42.1 Å². The molecule has 4 rings (SSSR count). The maximum Gasteiger partial charge on any atom is 0.253 e. The third-order valence-corrected chi connectivity index (χ3v) is 5.99. The molecule has 3 heterocycles. The van der Waals surface area contributed by atoms with Crippen molar-refractivity contribution >= 4 is 16.8 Å². The molecule has 5 nitrogen and oxygen atoms in total. The summed E-state index contributed by atoms with van der Waals surface area (Å²) < 4.78 is 0. The number of piperidine rings is 1. The van der Waals surface area contributed by atoms with Crippen LogP contribution in [0.25, 0.3) is 10.9 Å². The highest BCUT2D eigenvalue weighted by Crippen LogP contribution is 2.25. The molecule has 0 spiro atoms. The number of hydrogen-bond donors (Lipinski definition) is 0. The van der Waals surface area contributed by atoms with Gasteiger partial charge in [-0.3, -0.25) is 14.7 Å². The molecule has 0 saturated carbocycles. The smallest absolute Gasteiger partial charge is 0.253 e. The summed E-state index contributed by atoms with van der Waals surface area (Å²) in [4.78, 5) is 24.2. The summed E-state index contributed by atoms with van der Waals surface area (Å²) in [6.07, 6.45) is 4.27. The third kappa shape index (κ3) is 3.33. The Bertz CT molecular complexity index is 778. The molecule has 2 aliphatic rings. The van der Waals surface area contributed by atoms with E-state index in [2.05, 4.69) is 28.8 Å². The molecule has 2 saturated heterocycles. The number of fused-ring (bicyclic) bond motifs is 1. The van der Waals surface area contributed by atoms with Gasteiger partial charge in [-0.15, -0.1) is 0 Å². The molecule has 26 heavy (non-hydrogen) atoms. The van der Waals surface area contributed by atoms with E-state index < -0.39 is 0 Å². The van der Waals surface area contributed by atoms with Crippen LogP contribution in [-0.4, -0.2) is 77.4 Å². The molecule has 2 aliphatic heterocycles. The zero-order valence-electron chi connectivity index (χ0n) is 15.8. The number of benzene rings is 1. The van der Waals surface area contributed by atoms with E-state index in [4.69, 9.17) is 0 Å². The lowest BCUT2D eigenvalue weighted by Crippen LogP contribution is -2.63. The van der Waals surface area contributed by atoms with E-state index in [0.717, 1.165) is 36.1 Å². The fraction of sp³-hybridized carbons (Fsp3) is 0.524. The summed E-state index contributed by atoms with van der Waals surface area (Å²) in [5.41, 5.74) is 1.70. The largest absolute Gasteiger partial charge is 0.335 e. The quantitative estimate of drug-likeness (QED) is 0.848. The van der Waals surface area contributed by atoms with Crippen molar-refractivity contribution in [1.29, 1.82) is 0 Å². The Labute approximate surface area is 155 Å². The number of likely N-dealkylation sites (tertiary alicyclic amines) is 2. The second-order valence-electron chi connectivity index (χ2n) is 7.64. The number of hydrogen-bond acceptors (Lipinski definition) is 4. The zero-order chi connectivity index (χ0) is 18.1. The highest BCUT2D eigenvalue weighted by Gasteiger charge is 2.37. The normalized spacial score (nSPS) is 19.9. The Morgan fingerprint density at radius 1 is 1.19 bits per heavy atom. The summed E-state index contributed by atoms with van der Waals surface area (Å²) in [6, 6.07) is 10.9. The average molecular weight is 352 g/mol. The van der Waals surface area contributed by atoms with Crippen LogP contribution in [0.4, 0.5) is 0 Å². The van der Waals surface area contributed by atoms with Crippen LogP contribution in [0, 0.1) is 0 Å². The van der Waals surface area contributed by atoms with Crippen molar-refractivity contribution in [2.24, 2.45) is 0 Å². The van der Waals surface area contributed by atoms with Gasteiger partial charge in [0, 0.05) is 42.3 Å². The lowest BCUT2D eigenvalue weighted by molar-refractivity contribution is 0.0000211. The summed E-state index contributed by atoms with van der Waals surface area (Å²) in [5.74, 6) is 0.145. The monoisotopic (exact) mass is 352 g/mol. The Balaban J connectivity index is 1.39. The molecule has 2 fully saturated rings. The van der Waals surface area contributed by atoms with Crippen LogP contribution in [0.2, 0.25) is 0 Å². The predicted molar refractivity (Wildman–Crippen MR) is 104 cm³/mol. The first-order chi connectivity index (χ1) is 12.7. The van der Waals surface area contributed by atoms with Gasteiger partial charge in [0.1, 0.15) is 0 Å². The van der Waals surface area contributed by atoms with Crippen molar-refractivity contribution in [3.63, 3.8) is 0 Å². The molecule has 2 aromatic rings. The maximum atomic E-state index is 12.8. The van der Waals surface area contributed by atoms with E-state index in [1.54, 1.807) is 6.20 Å². The lowest BCUT2D eigenvalue weighted by Gasteiger charge is -2.49. The molecular formula is C21H28N4O. The highest BCUT2D eigenvalue weighted by molar-refractivity contribution is 5.98. The number of carbonyl (C=O) groups excluding carboxylic acids is 1. The molecule has 1 aromatic carbocycles. The predicted octanol–water partition coefficient (Wildman–Crippen LogP) is 2.48. The average Bonchev–Trinajstić information content (AvgIpc) is 2.64. The van der Waals surface area contributed by atoms with Crippen LogP contribution < -0.4 is 0 Å². The van der Waals surface area contributed by atoms with Crippen LogP contribution in [-0.2, 0) is 0 Å². The van der Waals surface area contributed by atoms with Gasteiger partial charge in [0.05, 0.1) is 5.52 Å². The second kappa shape index (κ2) is 7.33. The van der Waals surface area contributed by atoms with E-state index in [0.29, 0.717) is 12.1 Å². The van der Waals surface area contributed by atoms with Crippen LogP contribution in [0.15, 0.2) is 36.5 Å². The Morgan fingerprint density at radius 3 is 2.69 bits per heavy atom. The molecule has 0 unspecified atom stereocenters. The molecule has 0 N–H and O–H groups in total. The van der Waals surface area contributed by atoms with Crippen molar-refractivity contribution in [2.75, 3.05) is 39.8 Å². The Hall–Kier alpha value is -1.98. The fourth-order valence-electron chi connectivity index (χ4n) is 4.36. The molecule has 1 aromatic heterocycles. The van der Waals surface area contributed by atoms with Gasteiger partial charge < -0.3 is 9.80 Å². The van der Waals surface area contributed by atoms with Gasteiger partial charge in [0.25, 0.3) is 5.91 Å². The number of pyridine rings is 1. The van der Waals surface area contributed by atoms with Crippen molar-refractivity contribution in [2.45, 2.75) is 31.8 Å². The number of likely N-dealkylation sites (N-methyl/N-ethyl adjacent to an activating group) is 1. The van der Waals surface area contributed by atoms with Gasteiger partial charge in [-0.25, -0.2) is 0 Å². The zero-order valence-corrected chi connectivity index (χ0v) is 15.8. The summed E-state index contributed by atoms with van der Waals surface area (Å²) >= 11 is 0. The molecule has 1 amide bonds. The van der Waals surface area contributed by atoms with Crippen LogP contribution in [0.5, 0.6) is 0 Å². The number of amides is 1. The Kier molecular flexibility index (Phi) is 4.92. The number of carbonyl (C=O) groups is 1. The van der Waals surface area contributed by atoms with E-state index in [-0.39, 0.29) is 5.91 Å². The minimum atomic E-state index is 0.145. The van der Waals surface area contributed by atoms with Crippen molar-refractivity contribution in [3.8, 4) is 0 Å². The number of nitrogens with zero attached hydrogens (tertiary/aromatic N) is 4. The van der Waals surface area contributed by atoms with E-state index in [1.165, 1.54) is 25.9 Å². The summed E-state index contributed by atoms with van der Waals surface area (Å²) in [6.45, 7) is 7.39. The molecule has 0 aliphatic carbocycles. The first kappa shape index (κ1) is 17.4. The summed E-state index contributed by atoms with van der Waals surface area (Å²) in [5, 5.41) is 1.02. The standard InChI is InChI=1S/C21H28N4O/c1-3-25(18-8-11-23(2)12-9-18)19-14-24(15-19)21(26)17-6-7-20-16(13-17)5-4-10-22-20/h4-7,10,13,18-19H,3,8-9,11-12,14-15H2,1-2H3. The highest BCUT2D eigenvalue weighted by atomic mass is 16.2. The number of rotatable bonds is 4. The molecular weight excluding hydrogens is 324 g/mol. The maximum absolute atomic E-state index is 12.8. The van der Waals surface area contributed by atoms with Gasteiger partial charge in [0.15, 0.2) is 0 Å². The summed E-state index contributed by atoms with van der Waals surface area (Å²) in [7, 11) is 2.20. The topological polar surface area (TPSA) is 39.7 Å². The first-order valence-corrected chi connectivity index (χ1v) is 9.74.